The number of anilines is 3. The average molecular weight is 396 g/mol. The molecule has 1 heterocycles. The minimum absolute atomic E-state index is 0.605. The third-order valence-electron chi connectivity index (χ3n) is 4.92. The first-order chi connectivity index (χ1) is 14.7. The molecule has 0 aliphatic heterocycles. The highest BCUT2D eigenvalue weighted by Crippen LogP contribution is 2.39. The van der Waals surface area contributed by atoms with E-state index in [-0.39, 0.29) is 0 Å². The Kier molecular flexibility index (Phi) is 5.57. The summed E-state index contributed by atoms with van der Waals surface area (Å²) < 4.78 is 0. The van der Waals surface area contributed by atoms with Crippen LogP contribution in [0.15, 0.2) is 72.8 Å². The van der Waals surface area contributed by atoms with Crippen molar-refractivity contribution in [3.63, 3.8) is 0 Å². The molecule has 4 aromatic rings. The van der Waals surface area contributed by atoms with Crippen LogP contribution in [0.1, 0.15) is 0 Å². The minimum atomic E-state index is 0.605. The predicted octanol–water partition coefficient (Wildman–Crippen LogP) is 5.00. The lowest BCUT2D eigenvalue weighted by atomic mass is 10.1. The molecular weight excluding hydrogens is 372 g/mol. The van der Waals surface area contributed by atoms with Gasteiger partial charge in [0.2, 0.25) is 0 Å². The van der Waals surface area contributed by atoms with Crippen LogP contribution >= 0.6 is 0 Å². The molecule has 150 valence electrons. The molecule has 4 rings (SSSR count). The number of aromatic nitrogens is 3. The second-order valence-electron chi connectivity index (χ2n) is 6.70. The van der Waals surface area contributed by atoms with Gasteiger partial charge in [-0.3, -0.25) is 0 Å². The normalized spacial score (nSPS) is 10.5. The lowest BCUT2D eigenvalue weighted by Gasteiger charge is -2.18. The average Bonchev–Trinajstić information content (AvgIpc) is 2.83. The molecule has 3 N–H and O–H groups in total. The van der Waals surface area contributed by atoms with E-state index in [1.54, 1.807) is 0 Å². The van der Waals surface area contributed by atoms with Gasteiger partial charge < -0.3 is 16.0 Å². The first kappa shape index (κ1) is 19.4. The van der Waals surface area contributed by atoms with Gasteiger partial charge in [0, 0.05) is 38.0 Å². The third kappa shape index (κ3) is 3.67. The van der Waals surface area contributed by atoms with Crippen molar-refractivity contribution in [1.82, 2.24) is 15.0 Å². The Morgan fingerprint density at radius 3 is 1.43 bits per heavy atom. The zero-order chi connectivity index (χ0) is 20.9. The molecule has 6 heteroatoms. The Morgan fingerprint density at radius 1 is 0.500 bits per heavy atom. The van der Waals surface area contributed by atoms with Gasteiger partial charge in [0.1, 0.15) is 0 Å². The largest absolute Gasteiger partial charge is 0.387 e. The molecule has 0 unspecified atom stereocenters. The first-order valence-electron chi connectivity index (χ1n) is 9.82. The summed E-state index contributed by atoms with van der Waals surface area (Å²) >= 11 is 0. The fourth-order valence-electron chi connectivity index (χ4n) is 3.43. The molecule has 1 aromatic heterocycles. The molecule has 0 amide bonds. The van der Waals surface area contributed by atoms with Crippen molar-refractivity contribution in [2.75, 3.05) is 37.1 Å². The molecule has 0 spiro atoms. The van der Waals surface area contributed by atoms with Gasteiger partial charge in [-0.15, -0.1) is 0 Å². The third-order valence-corrected chi connectivity index (χ3v) is 4.92. The van der Waals surface area contributed by atoms with E-state index in [2.05, 4.69) is 16.0 Å². The second-order valence-corrected chi connectivity index (χ2v) is 6.70. The van der Waals surface area contributed by atoms with Gasteiger partial charge in [-0.25, -0.2) is 15.0 Å². The number of nitrogens with one attached hydrogen (secondary N) is 3. The van der Waals surface area contributed by atoms with Crippen molar-refractivity contribution < 1.29 is 0 Å². The van der Waals surface area contributed by atoms with E-state index in [4.69, 9.17) is 15.0 Å². The molecule has 0 radical (unpaired) electrons. The molecule has 3 aromatic carbocycles. The lowest BCUT2D eigenvalue weighted by molar-refractivity contribution is 1.07. The van der Waals surface area contributed by atoms with Crippen LogP contribution in [0.2, 0.25) is 0 Å². The van der Waals surface area contributed by atoms with Gasteiger partial charge in [-0.2, -0.15) is 0 Å². The van der Waals surface area contributed by atoms with E-state index >= 15 is 0 Å². The maximum absolute atomic E-state index is 4.86. The molecule has 0 aliphatic rings. The van der Waals surface area contributed by atoms with Crippen molar-refractivity contribution in [1.29, 1.82) is 0 Å². The molecule has 6 nitrogen and oxygen atoms in total. The highest BCUT2D eigenvalue weighted by Gasteiger charge is 2.19. The Balaban J connectivity index is 2.01. The number of nitrogens with zero attached hydrogens (tertiary/aromatic N) is 3. The van der Waals surface area contributed by atoms with Gasteiger partial charge in [-0.1, -0.05) is 60.7 Å². The van der Waals surface area contributed by atoms with Crippen molar-refractivity contribution in [2.24, 2.45) is 0 Å². The van der Waals surface area contributed by atoms with Crippen LogP contribution in [0, 0.1) is 0 Å². The predicted molar refractivity (Wildman–Crippen MR) is 125 cm³/mol. The van der Waals surface area contributed by atoms with E-state index in [0.29, 0.717) is 17.5 Å². The Hall–Kier alpha value is -3.93. The molecule has 0 saturated carbocycles. The zero-order valence-electron chi connectivity index (χ0n) is 17.3. The standard InChI is InChI=1S/C24H24N6/c1-25-18-14-15-19(26-2)21(27-3)20(18)24-29-22(16-10-6-4-7-11-16)28-23(30-24)17-12-8-5-9-13-17/h4-15,25-27H,1-3H3. The summed E-state index contributed by atoms with van der Waals surface area (Å²) in [5, 5.41) is 9.81. The summed E-state index contributed by atoms with van der Waals surface area (Å²) in [5.41, 5.74) is 5.61. The van der Waals surface area contributed by atoms with Gasteiger partial charge in [-0.05, 0) is 12.1 Å². The summed E-state index contributed by atoms with van der Waals surface area (Å²) in [6.45, 7) is 0. The SMILES string of the molecule is CNc1ccc(NC)c(-c2nc(-c3ccccc3)nc(-c3ccccc3)n2)c1NC. The molecule has 0 bridgehead atoms. The van der Waals surface area contributed by atoms with E-state index in [1.807, 2.05) is 93.9 Å². The van der Waals surface area contributed by atoms with Crippen molar-refractivity contribution >= 4 is 17.1 Å². The highest BCUT2D eigenvalue weighted by molar-refractivity contribution is 5.93. The molecule has 30 heavy (non-hydrogen) atoms. The maximum Gasteiger partial charge on any atom is 0.168 e. The topological polar surface area (TPSA) is 74.8 Å². The van der Waals surface area contributed by atoms with Crippen LogP contribution < -0.4 is 16.0 Å². The molecular formula is C24H24N6. The summed E-state index contributed by atoms with van der Waals surface area (Å²) in [6.07, 6.45) is 0. The fraction of sp³-hybridized carbons (Fsp3) is 0.125. The number of hydrogen-bond acceptors (Lipinski definition) is 6. The van der Waals surface area contributed by atoms with Crippen LogP contribution in [0.5, 0.6) is 0 Å². The lowest BCUT2D eigenvalue weighted by Crippen LogP contribution is -2.06. The zero-order valence-corrected chi connectivity index (χ0v) is 17.3. The summed E-state index contributed by atoms with van der Waals surface area (Å²) in [4.78, 5) is 14.5. The highest BCUT2D eigenvalue weighted by atomic mass is 15.0. The molecule has 0 fully saturated rings. The summed E-state index contributed by atoms with van der Waals surface area (Å²) in [5.74, 6) is 1.88. The van der Waals surface area contributed by atoms with Gasteiger partial charge >= 0.3 is 0 Å². The molecule has 0 aliphatic carbocycles. The van der Waals surface area contributed by atoms with Crippen LogP contribution in [0.25, 0.3) is 34.2 Å². The quantitative estimate of drug-likeness (QED) is 0.426. The minimum Gasteiger partial charge on any atom is -0.387 e. The van der Waals surface area contributed by atoms with E-state index in [9.17, 15) is 0 Å². The van der Waals surface area contributed by atoms with E-state index < -0.39 is 0 Å². The molecule has 0 atom stereocenters. The van der Waals surface area contributed by atoms with Crippen molar-refractivity contribution in [3.8, 4) is 34.2 Å². The number of benzene rings is 3. The molecule has 0 saturated heterocycles. The Bertz CT molecular complexity index is 1090. The monoisotopic (exact) mass is 396 g/mol. The van der Waals surface area contributed by atoms with Crippen LogP contribution in [0.4, 0.5) is 17.1 Å². The first-order valence-corrected chi connectivity index (χ1v) is 9.82. The number of hydrogen-bond donors (Lipinski definition) is 3. The van der Waals surface area contributed by atoms with Crippen molar-refractivity contribution in [3.05, 3.63) is 72.8 Å². The maximum atomic E-state index is 4.86. The van der Waals surface area contributed by atoms with Crippen molar-refractivity contribution in [2.45, 2.75) is 0 Å². The Morgan fingerprint density at radius 2 is 0.967 bits per heavy atom. The number of rotatable bonds is 6. The Labute approximate surface area is 176 Å². The fourth-order valence-corrected chi connectivity index (χ4v) is 3.43. The second kappa shape index (κ2) is 8.61. The van der Waals surface area contributed by atoms with E-state index in [1.165, 1.54) is 0 Å². The summed E-state index contributed by atoms with van der Waals surface area (Å²) in [7, 11) is 5.70. The van der Waals surface area contributed by atoms with Crippen LogP contribution in [-0.2, 0) is 0 Å². The van der Waals surface area contributed by atoms with Crippen LogP contribution in [-0.4, -0.2) is 36.1 Å². The van der Waals surface area contributed by atoms with E-state index in [0.717, 1.165) is 33.8 Å². The van der Waals surface area contributed by atoms with Gasteiger partial charge in [0.25, 0.3) is 0 Å². The van der Waals surface area contributed by atoms with Crippen LogP contribution in [0.3, 0.4) is 0 Å². The van der Waals surface area contributed by atoms with Gasteiger partial charge in [0.05, 0.1) is 16.9 Å². The summed E-state index contributed by atoms with van der Waals surface area (Å²) in [6, 6.07) is 24.0. The van der Waals surface area contributed by atoms with Gasteiger partial charge in [0.15, 0.2) is 17.5 Å². The smallest absolute Gasteiger partial charge is 0.168 e.